The fourth-order valence-electron chi connectivity index (χ4n) is 14.4. The van der Waals surface area contributed by atoms with Gasteiger partial charge in [-0.15, -0.1) is 0 Å². The normalized spacial score (nSPS) is 23.9. The zero-order valence-corrected chi connectivity index (χ0v) is 55.4. The molecule has 12 rings (SSSR count). The average molecular weight is 1230 g/mol. The van der Waals surface area contributed by atoms with Crippen LogP contribution in [0.15, 0.2) is 165 Å². The Morgan fingerprint density at radius 2 is 0.714 bits per heavy atom. The van der Waals surface area contributed by atoms with Gasteiger partial charge < -0.3 is 0 Å². The maximum atomic E-state index is 13.1. The molecule has 3 aromatic rings. The number of rotatable bonds is 20. The first-order valence-corrected chi connectivity index (χ1v) is 33.1. The van der Waals surface area contributed by atoms with Gasteiger partial charge in [0.25, 0.3) is 23.6 Å². The van der Waals surface area contributed by atoms with Crippen LogP contribution in [0.3, 0.4) is 0 Å². The lowest BCUT2D eigenvalue weighted by molar-refractivity contribution is -0.144. The van der Waals surface area contributed by atoms with Crippen molar-refractivity contribution in [3.05, 3.63) is 199 Å². The first-order chi connectivity index (χ1) is 43.4. The number of amides is 8. The summed E-state index contributed by atoms with van der Waals surface area (Å²) in [7, 11) is 0. The molecule has 482 valence electrons. The van der Waals surface area contributed by atoms with Crippen molar-refractivity contribution >= 4 is 65.5 Å². The van der Waals surface area contributed by atoms with Crippen LogP contribution in [0.1, 0.15) is 141 Å². The summed E-state index contributed by atoms with van der Waals surface area (Å²) in [6.07, 6.45) is 37.1. The zero-order chi connectivity index (χ0) is 66.2. The minimum atomic E-state index is -0.268. The molecule has 4 bridgehead atoms. The summed E-state index contributed by atoms with van der Waals surface area (Å²) in [6, 6.07) is 25.4. The van der Waals surface area contributed by atoms with Crippen LogP contribution in [0.5, 0.6) is 0 Å². The molecule has 3 aromatic carbocycles. The van der Waals surface area contributed by atoms with Gasteiger partial charge in [0, 0.05) is 50.5 Å². The summed E-state index contributed by atoms with van der Waals surface area (Å²) >= 11 is 0. The Morgan fingerprint density at radius 1 is 0.429 bits per heavy atom. The highest BCUT2D eigenvalue weighted by molar-refractivity contribution is 6.13. The fourth-order valence-corrected chi connectivity index (χ4v) is 14.4. The van der Waals surface area contributed by atoms with Gasteiger partial charge in [-0.2, -0.15) is 0 Å². The molecule has 10 atom stereocenters. The Balaban J connectivity index is 0.000000174. The summed E-state index contributed by atoms with van der Waals surface area (Å²) in [4.78, 5) is 104. The lowest BCUT2D eigenvalue weighted by Gasteiger charge is -2.32. The third-order valence-corrected chi connectivity index (χ3v) is 19.1. The van der Waals surface area contributed by atoms with Gasteiger partial charge in [-0.3, -0.25) is 58.0 Å². The van der Waals surface area contributed by atoms with Gasteiger partial charge in [0.15, 0.2) is 0 Å². The number of likely N-dealkylation sites (tertiary alicyclic amines) is 2. The fraction of sp³-hybridized carbons (Fsp3) is 0.443. The Kier molecular flexibility index (Phi) is 24.9. The topological polar surface area (TPSA) is 150 Å². The van der Waals surface area contributed by atoms with Crippen LogP contribution in [-0.2, 0) is 57.6 Å². The summed E-state index contributed by atoms with van der Waals surface area (Å²) in [5.74, 6) is -0.00579. The molecule has 0 radical (unpaired) electrons. The van der Waals surface area contributed by atoms with Crippen molar-refractivity contribution in [1.82, 2.24) is 19.6 Å². The molecule has 2 saturated carbocycles. The van der Waals surface area contributed by atoms with Gasteiger partial charge in [0.2, 0.25) is 23.6 Å². The number of nitrogens with zero attached hydrogens (tertiary/aromatic N) is 4. The molecule has 2 saturated heterocycles. The Labute approximate surface area is 542 Å². The van der Waals surface area contributed by atoms with E-state index in [2.05, 4.69) is 183 Å². The van der Waals surface area contributed by atoms with Crippen LogP contribution in [0.25, 0.3) is 18.2 Å². The van der Waals surface area contributed by atoms with Crippen LogP contribution in [0.2, 0.25) is 0 Å². The molecule has 91 heavy (non-hydrogen) atoms. The van der Waals surface area contributed by atoms with Crippen LogP contribution < -0.4 is 0 Å². The van der Waals surface area contributed by atoms with Crippen LogP contribution >= 0.6 is 0 Å². The standard InChI is InChI=1S/C27H34N2O4.C17H22N2O4.3C10H12.C5H6/c1-14(8-9-28-23(30)19-15-4-5-16(10-15)20(19)24(28)31)12-27(2,3)13-29-25(32)21-17-6-7-18(11-17)22(21)26(29)33;1-12(8-9-18-13(20)4-5-14(18)21)10-17(2,3)11-19-15(22)6-7-16(19)23;3*1-3-9-5-7-10(4-2)8-6-9;1-2-4-5-3-1/h4-7,14-22H,8-13H2,1-3H3;4-7,12H,8-11H2,1-3H3;3*3,5-8H,1,4H2,2H3;1-4H,5H2. The predicted octanol–water partition coefficient (Wildman–Crippen LogP) is 14.5. The molecule has 0 spiro atoms. The highest BCUT2D eigenvalue weighted by Gasteiger charge is 2.60. The van der Waals surface area contributed by atoms with Crippen LogP contribution in [0, 0.1) is 70.0 Å². The molecule has 10 unspecified atom stereocenters. The summed E-state index contributed by atoms with van der Waals surface area (Å²) < 4.78 is 0. The highest BCUT2D eigenvalue weighted by atomic mass is 16.2. The molecule has 8 amide bonds. The molecular formula is C79H98N4O8. The third kappa shape index (κ3) is 18.3. The Hall–Kier alpha value is -8.12. The number of fused-ring (bicyclic) bond motifs is 10. The van der Waals surface area contributed by atoms with Gasteiger partial charge in [0.1, 0.15) is 0 Å². The lowest BCUT2D eigenvalue weighted by Crippen LogP contribution is -2.41. The number of carbonyl (C=O) groups excluding carboxylic acids is 8. The van der Waals surface area contributed by atoms with Crippen molar-refractivity contribution in [3.63, 3.8) is 0 Å². The third-order valence-electron chi connectivity index (χ3n) is 19.1. The average Bonchev–Trinajstić information content (AvgIpc) is 1.59. The number of aryl methyl sites for hydroxylation is 3. The number of benzene rings is 3. The molecule has 9 aliphatic rings. The van der Waals surface area contributed by atoms with E-state index in [1.54, 1.807) is 0 Å². The van der Waals surface area contributed by atoms with E-state index >= 15 is 0 Å². The monoisotopic (exact) mass is 1230 g/mol. The number of allylic oxidation sites excluding steroid dienone is 8. The van der Waals surface area contributed by atoms with E-state index in [1.807, 2.05) is 39.0 Å². The van der Waals surface area contributed by atoms with Gasteiger partial charge in [-0.05, 0) is 144 Å². The van der Waals surface area contributed by atoms with E-state index in [4.69, 9.17) is 0 Å². The largest absolute Gasteiger partial charge is 0.282 e. The number of carbonyl (C=O) groups is 8. The minimum Gasteiger partial charge on any atom is -0.282 e. The molecule has 5 aliphatic carbocycles. The maximum Gasteiger partial charge on any atom is 0.253 e. The SMILES string of the molecule is C1=CCC=C1.C=Cc1ccc(CC)cc1.C=Cc1ccc(CC)cc1.C=Cc1ccc(CC)cc1.CC(CCN1C(=O)C2C3C=CC(C3)C2C1=O)CC(C)(C)CN1C(=O)C2C3C=CC(C3)C2C1=O.CC(CCN1C(=O)C=CC1=O)CC(C)(C)CN1C(=O)C=CC1=O. The molecule has 12 nitrogen and oxygen atoms in total. The van der Waals surface area contributed by atoms with Crippen molar-refractivity contribution in [1.29, 1.82) is 0 Å². The van der Waals surface area contributed by atoms with Crippen molar-refractivity contribution in [2.24, 2.45) is 70.0 Å². The van der Waals surface area contributed by atoms with E-state index < -0.39 is 0 Å². The van der Waals surface area contributed by atoms with Crippen LogP contribution in [0.4, 0.5) is 0 Å². The van der Waals surface area contributed by atoms with Gasteiger partial charge in [-0.1, -0.05) is 222 Å². The van der Waals surface area contributed by atoms with Gasteiger partial charge in [0.05, 0.1) is 23.7 Å². The molecule has 0 aromatic heterocycles. The van der Waals surface area contributed by atoms with Crippen molar-refractivity contribution in [2.75, 3.05) is 26.2 Å². The van der Waals surface area contributed by atoms with Crippen molar-refractivity contribution in [2.45, 2.75) is 127 Å². The maximum absolute atomic E-state index is 13.1. The van der Waals surface area contributed by atoms with E-state index in [1.165, 1.54) is 77.3 Å². The second-order valence-electron chi connectivity index (χ2n) is 27.4. The Morgan fingerprint density at radius 3 is 1.00 bits per heavy atom. The van der Waals surface area contributed by atoms with Crippen molar-refractivity contribution < 1.29 is 38.4 Å². The number of imide groups is 4. The van der Waals surface area contributed by atoms with Gasteiger partial charge >= 0.3 is 0 Å². The molecular weight excluding hydrogens is 1130 g/mol. The second kappa shape index (κ2) is 32.2. The summed E-state index contributed by atoms with van der Waals surface area (Å²) in [5, 5.41) is 0. The van der Waals surface area contributed by atoms with Crippen molar-refractivity contribution in [3.8, 4) is 0 Å². The molecule has 12 heteroatoms. The van der Waals surface area contributed by atoms with Gasteiger partial charge in [-0.25, -0.2) is 0 Å². The lowest BCUT2D eigenvalue weighted by atomic mass is 9.81. The van der Waals surface area contributed by atoms with E-state index in [0.717, 1.165) is 57.8 Å². The molecule has 0 N–H and O–H groups in total. The minimum absolute atomic E-state index is 0.0191. The van der Waals surface area contributed by atoms with E-state index in [0.29, 0.717) is 32.6 Å². The second-order valence-corrected chi connectivity index (χ2v) is 27.4. The molecule has 4 heterocycles. The first-order valence-electron chi connectivity index (χ1n) is 33.1. The van der Waals surface area contributed by atoms with Crippen LogP contribution in [-0.4, -0.2) is 93.0 Å². The number of hydrogen-bond acceptors (Lipinski definition) is 8. The molecule has 4 fully saturated rings. The van der Waals surface area contributed by atoms with E-state index in [9.17, 15) is 38.4 Å². The Bertz CT molecular complexity index is 3090. The quantitative estimate of drug-likeness (QED) is 0.0802. The molecule has 4 aliphatic heterocycles. The van der Waals surface area contributed by atoms with E-state index in [-0.39, 0.29) is 117 Å². The smallest absolute Gasteiger partial charge is 0.253 e. The number of hydrogen-bond donors (Lipinski definition) is 0. The highest BCUT2D eigenvalue weighted by Crippen LogP contribution is 2.54. The predicted molar refractivity (Wildman–Crippen MR) is 366 cm³/mol. The summed E-state index contributed by atoms with van der Waals surface area (Å²) in [6.45, 7) is 31.7. The first kappa shape index (κ1) is 70.3. The zero-order valence-electron chi connectivity index (χ0n) is 55.4. The summed E-state index contributed by atoms with van der Waals surface area (Å²) in [5.41, 5.74) is 7.27.